The second-order valence-electron chi connectivity index (χ2n) is 5.46. The molecular weight excluding hydrogens is 316 g/mol. The smallest absolute Gasteiger partial charge is 0.287 e. The third-order valence-electron chi connectivity index (χ3n) is 3.81. The van der Waals surface area contributed by atoms with Crippen LogP contribution < -0.4 is 10.6 Å². The van der Waals surface area contributed by atoms with Crippen LogP contribution in [0.3, 0.4) is 0 Å². The normalized spacial score (nSPS) is 18.1. The molecule has 0 saturated carbocycles. The van der Waals surface area contributed by atoms with Gasteiger partial charge in [0.2, 0.25) is 5.91 Å². The molecule has 120 valence electrons. The molecule has 1 fully saturated rings. The van der Waals surface area contributed by atoms with Crippen LogP contribution in [0.15, 0.2) is 40.8 Å². The molecule has 2 heterocycles. The fourth-order valence-electron chi connectivity index (χ4n) is 2.57. The van der Waals surface area contributed by atoms with Gasteiger partial charge in [0, 0.05) is 12.1 Å². The van der Waals surface area contributed by atoms with Crippen LogP contribution in [0.25, 0.3) is 11.3 Å². The van der Waals surface area contributed by atoms with E-state index in [9.17, 15) is 9.59 Å². The summed E-state index contributed by atoms with van der Waals surface area (Å²) in [5, 5.41) is 6.07. The van der Waals surface area contributed by atoms with Crippen LogP contribution in [0.4, 0.5) is 0 Å². The van der Waals surface area contributed by atoms with Crippen molar-refractivity contribution in [2.24, 2.45) is 0 Å². The molecule has 0 spiro atoms. The SMILES string of the molecule is O=C(N[C@@H]1CCCCNC1=O)c1ccc(-c2ccccc2Cl)o1. The van der Waals surface area contributed by atoms with E-state index in [0.717, 1.165) is 18.4 Å². The lowest BCUT2D eigenvalue weighted by Gasteiger charge is -2.14. The van der Waals surface area contributed by atoms with E-state index >= 15 is 0 Å². The molecule has 5 nitrogen and oxygen atoms in total. The second kappa shape index (κ2) is 6.87. The van der Waals surface area contributed by atoms with Gasteiger partial charge in [-0.15, -0.1) is 0 Å². The van der Waals surface area contributed by atoms with Crippen molar-refractivity contribution >= 4 is 23.4 Å². The predicted molar refractivity (Wildman–Crippen MR) is 87.3 cm³/mol. The Morgan fingerprint density at radius 3 is 2.87 bits per heavy atom. The number of furan rings is 1. The molecule has 2 amide bonds. The lowest BCUT2D eigenvalue weighted by atomic mass is 10.1. The van der Waals surface area contributed by atoms with Crippen LogP contribution in [0.1, 0.15) is 29.8 Å². The molecule has 6 heteroatoms. The first-order valence-electron chi connectivity index (χ1n) is 7.58. The van der Waals surface area contributed by atoms with Crippen LogP contribution >= 0.6 is 11.6 Å². The Bertz CT molecular complexity index is 726. The molecule has 0 bridgehead atoms. The fraction of sp³-hybridized carbons (Fsp3) is 0.294. The Morgan fingerprint density at radius 2 is 2.04 bits per heavy atom. The molecule has 1 saturated heterocycles. The number of rotatable bonds is 3. The molecule has 1 aromatic heterocycles. The monoisotopic (exact) mass is 332 g/mol. The van der Waals surface area contributed by atoms with Gasteiger partial charge < -0.3 is 15.1 Å². The standard InChI is InChI=1S/C17H17ClN2O3/c18-12-6-2-1-5-11(12)14-8-9-15(23-14)17(22)20-13-7-3-4-10-19-16(13)21/h1-2,5-6,8-9,13H,3-4,7,10H2,(H,19,21)(H,20,22)/t13-/m1/s1. The number of amides is 2. The van der Waals surface area contributed by atoms with Gasteiger partial charge in [0.1, 0.15) is 11.8 Å². The number of nitrogens with one attached hydrogen (secondary N) is 2. The summed E-state index contributed by atoms with van der Waals surface area (Å²) in [7, 11) is 0. The van der Waals surface area contributed by atoms with E-state index in [1.807, 2.05) is 18.2 Å². The lowest BCUT2D eigenvalue weighted by molar-refractivity contribution is -0.122. The number of halogens is 1. The quantitative estimate of drug-likeness (QED) is 0.907. The summed E-state index contributed by atoms with van der Waals surface area (Å²) in [6.07, 6.45) is 2.46. The second-order valence-corrected chi connectivity index (χ2v) is 5.86. The van der Waals surface area contributed by atoms with Crippen molar-refractivity contribution < 1.29 is 14.0 Å². The molecular formula is C17H17ClN2O3. The van der Waals surface area contributed by atoms with Crippen LogP contribution in [0.5, 0.6) is 0 Å². The van der Waals surface area contributed by atoms with Crippen LogP contribution in [0.2, 0.25) is 5.02 Å². The minimum Gasteiger partial charge on any atom is -0.451 e. The highest BCUT2D eigenvalue weighted by molar-refractivity contribution is 6.33. The zero-order valence-electron chi connectivity index (χ0n) is 12.5. The third-order valence-corrected chi connectivity index (χ3v) is 4.14. The number of benzene rings is 1. The van der Waals surface area contributed by atoms with Crippen molar-refractivity contribution in [1.29, 1.82) is 0 Å². The summed E-state index contributed by atoms with van der Waals surface area (Å²) >= 11 is 6.13. The molecule has 2 aromatic rings. The van der Waals surface area contributed by atoms with Crippen molar-refractivity contribution in [3.05, 3.63) is 47.2 Å². The Morgan fingerprint density at radius 1 is 1.22 bits per heavy atom. The van der Waals surface area contributed by atoms with Crippen LogP contribution in [-0.2, 0) is 4.79 Å². The largest absolute Gasteiger partial charge is 0.451 e. The van der Waals surface area contributed by atoms with Gasteiger partial charge in [0.25, 0.3) is 5.91 Å². The van der Waals surface area contributed by atoms with Gasteiger partial charge >= 0.3 is 0 Å². The van der Waals surface area contributed by atoms with E-state index in [-0.39, 0.29) is 11.7 Å². The lowest BCUT2D eigenvalue weighted by Crippen LogP contribution is -2.45. The average molecular weight is 333 g/mol. The van der Waals surface area contributed by atoms with E-state index in [1.54, 1.807) is 18.2 Å². The van der Waals surface area contributed by atoms with E-state index in [0.29, 0.717) is 23.7 Å². The Balaban J connectivity index is 1.74. The van der Waals surface area contributed by atoms with E-state index in [1.165, 1.54) is 0 Å². The molecule has 0 radical (unpaired) electrons. The number of carbonyl (C=O) groups is 2. The van der Waals surface area contributed by atoms with Crippen molar-refractivity contribution in [1.82, 2.24) is 10.6 Å². The molecule has 1 atom stereocenters. The molecule has 3 rings (SSSR count). The molecule has 0 aliphatic carbocycles. The summed E-state index contributed by atoms with van der Waals surface area (Å²) in [5.74, 6) is 0.141. The van der Waals surface area contributed by atoms with E-state index < -0.39 is 11.9 Å². The average Bonchev–Trinajstić information content (AvgIpc) is 2.95. The molecule has 0 unspecified atom stereocenters. The Labute approximate surface area is 139 Å². The van der Waals surface area contributed by atoms with Gasteiger partial charge in [0.05, 0.1) is 5.02 Å². The Kier molecular flexibility index (Phi) is 4.67. The van der Waals surface area contributed by atoms with Crippen molar-refractivity contribution in [3.8, 4) is 11.3 Å². The minimum atomic E-state index is -0.515. The topological polar surface area (TPSA) is 71.3 Å². The van der Waals surface area contributed by atoms with Gasteiger partial charge in [-0.1, -0.05) is 23.7 Å². The minimum absolute atomic E-state index is 0.145. The number of hydrogen-bond acceptors (Lipinski definition) is 3. The first-order chi connectivity index (χ1) is 11.1. The first-order valence-corrected chi connectivity index (χ1v) is 7.96. The predicted octanol–water partition coefficient (Wildman–Crippen LogP) is 3.00. The number of hydrogen-bond donors (Lipinski definition) is 2. The summed E-state index contributed by atoms with van der Waals surface area (Å²) in [6, 6.07) is 10.0. The maximum Gasteiger partial charge on any atom is 0.287 e. The molecule has 23 heavy (non-hydrogen) atoms. The van der Waals surface area contributed by atoms with Gasteiger partial charge in [0.15, 0.2) is 5.76 Å². The maximum absolute atomic E-state index is 12.3. The van der Waals surface area contributed by atoms with Crippen molar-refractivity contribution in [3.63, 3.8) is 0 Å². The maximum atomic E-state index is 12.3. The Hall–Kier alpha value is -2.27. The van der Waals surface area contributed by atoms with Crippen LogP contribution in [0, 0.1) is 0 Å². The summed E-state index contributed by atoms with van der Waals surface area (Å²) in [6.45, 7) is 0.655. The highest BCUT2D eigenvalue weighted by atomic mass is 35.5. The molecule has 2 N–H and O–H groups in total. The zero-order chi connectivity index (χ0) is 16.2. The summed E-state index contributed by atoms with van der Waals surface area (Å²) in [5.41, 5.74) is 0.723. The summed E-state index contributed by atoms with van der Waals surface area (Å²) < 4.78 is 5.59. The highest BCUT2D eigenvalue weighted by Gasteiger charge is 2.24. The molecule has 1 aliphatic heterocycles. The fourth-order valence-corrected chi connectivity index (χ4v) is 2.80. The highest BCUT2D eigenvalue weighted by Crippen LogP contribution is 2.29. The van der Waals surface area contributed by atoms with Crippen molar-refractivity contribution in [2.75, 3.05) is 6.54 Å². The summed E-state index contributed by atoms with van der Waals surface area (Å²) in [4.78, 5) is 24.2. The molecule has 1 aromatic carbocycles. The van der Waals surface area contributed by atoms with Gasteiger partial charge in [-0.2, -0.15) is 0 Å². The van der Waals surface area contributed by atoms with E-state index in [2.05, 4.69) is 10.6 Å². The van der Waals surface area contributed by atoms with Gasteiger partial charge in [-0.3, -0.25) is 9.59 Å². The molecule has 1 aliphatic rings. The zero-order valence-corrected chi connectivity index (χ0v) is 13.2. The van der Waals surface area contributed by atoms with Gasteiger partial charge in [-0.05, 0) is 43.5 Å². The van der Waals surface area contributed by atoms with Crippen molar-refractivity contribution in [2.45, 2.75) is 25.3 Å². The first kappa shape index (κ1) is 15.6. The third kappa shape index (κ3) is 3.56. The van der Waals surface area contributed by atoms with E-state index in [4.69, 9.17) is 16.0 Å². The van der Waals surface area contributed by atoms with Crippen LogP contribution in [-0.4, -0.2) is 24.4 Å². The number of carbonyl (C=O) groups excluding carboxylic acids is 2. The van der Waals surface area contributed by atoms with Gasteiger partial charge in [-0.25, -0.2) is 0 Å².